The molecule has 1 aromatic rings. The molecule has 236 valence electrons. The summed E-state index contributed by atoms with van der Waals surface area (Å²) in [6.45, 7) is 11.5. The Morgan fingerprint density at radius 3 is 2.12 bits per heavy atom. The van der Waals surface area contributed by atoms with Crippen LogP contribution in [0.1, 0.15) is 135 Å². The fourth-order valence-electron chi connectivity index (χ4n) is 4.81. The van der Waals surface area contributed by atoms with E-state index < -0.39 is 20.0 Å². The van der Waals surface area contributed by atoms with E-state index in [2.05, 4.69) is 63.7 Å². The van der Waals surface area contributed by atoms with E-state index in [0.29, 0.717) is 18.9 Å². The van der Waals surface area contributed by atoms with Crippen molar-refractivity contribution in [2.24, 2.45) is 0 Å². The van der Waals surface area contributed by atoms with Crippen LogP contribution in [0.3, 0.4) is 0 Å². The standard InChI is InChI=1S/C33H57O6PS/c1-6-7-12-17-28(29-18-20-30(21-19-29)32(3,4)5)22-26-41-25-14-11-9-8-10-13-16-27(2)38-23-15-24-39-33(36,40-37)31(34)35/h18-21,27-28,36H,6-17,22-26H2,1-5H3,(H,34,35). The van der Waals surface area contributed by atoms with Crippen LogP contribution in [0.2, 0.25) is 0 Å². The molecule has 0 aliphatic carbocycles. The van der Waals surface area contributed by atoms with Crippen molar-refractivity contribution in [3.05, 3.63) is 35.4 Å². The van der Waals surface area contributed by atoms with E-state index in [4.69, 9.17) is 14.6 Å². The smallest absolute Gasteiger partial charge is 0.377 e. The van der Waals surface area contributed by atoms with E-state index in [0.717, 1.165) is 12.8 Å². The van der Waals surface area contributed by atoms with Crippen molar-refractivity contribution in [1.82, 2.24) is 0 Å². The van der Waals surface area contributed by atoms with E-state index in [-0.39, 0.29) is 18.1 Å². The zero-order valence-corrected chi connectivity index (χ0v) is 28.1. The summed E-state index contributed by atoms with van der Waals surface area (Å²) in [5.41, 5.74) is 0.480. The van der Waals surface area contributed by atoms with Gasteiger partial charge in [-0.25, -0.2) is 4.79 Å². The van der Waals surface area contributed by atoms with Crippen LogP contribution in [0.25, 0.3) is 0 Å². The van der Waals surface area contributed by atoms with Gasteiger partial charge in [-0.15, -0.1) is 0 Å². The number of carboxylic acids is 1. The van der Waals surface area contributed by atoms with Crippen LogP contribution in [0.4, 0.5) is 0 Å². The van der Waals surface area contributed by atoms with E-state index in [1.54, 1.807) is 0 Å². The van der Waals surface area contributed by atoms with Crippen LogP contribution in [0.5, 0.6) is 0 Å². The maximum absolute atomic E-state index is 10.8. The lowest BCUT2D eigenvalue weighted by Crippen LogP contribution is -2.35. The second-order valence-electron chi connectivity index (χ2n) is 12.3. The van der Waals surface area contributed by atoms with Gasteiger partial charge in [0.25, 0.3) is 0 Å². The highest BCUT2D eigenvalue weighted by Crippen LogP contribution is 2.30. The molecule has 6 nitrogen and oxygen atoms in total. The number of carbonyl (C=O) groups is 1. The van der Waals surface area contributed by atoms with Crippen LogP contribution < -0.4 is 0 Å². The molecule has 0 spiro atoms. The molecule has 3 atom stereocenters. The molecule has 0 heterocycles. The first-order chi connectivity index (χ1) is 19.5. The first-order valence-corrected chi connectivity index (χ1v) is 17.7. The van der Waals surface area contributed by atoms with Gasteiger partial charge in [0.1, 0.15) is 0 Å². The number of hydrogen-bond acceptors (Lipinski definition) is 6. The number of thioether (sulfide) groups is 1. The lowest BCUT2D eigenvalue weighted by atomic mass is 9.84. The number of aliphatic carboxylic acids is 1. The second-order valence-corrected chi connectivity index (χ2v) is 14.3. The summed E-state index contributed by atoms with van der Waals surface area (Å²) in [7, 11) is -0.982. The van der Waals surface area contributed by atoms with Gasteiger partial charge >= 0.3 is 11.5 Å². The molecule has 8 heteroatoms. The average molecular weight is 613 g/mol. The molecule has 0 aromatic heterocycles. The highest BCUT2D eigenvalue weighted by atomic mass is 32.2. The molecule has 0 fully saturated rings. The highest BCUT2D eigenvalue weighted by Gasteiger charge is 2.38. The molecule has 0 saturated heterocycles. The molecule has 0 radical (unpaired) electrons. The first-order valence-electron chi connectivity index (χ1n) is 15.8. The number of benzene rings is 1. The number of rotatable bonds is 25. The average Bonchev–Trinajstić information content (AvgIpc) is 2.94. The number of unbranched alkanes of at least 4 members (excludes halogenated alkanes) is 7. The number of aliphatic hydroxyl groups is 1. The zero-order chi connectivity index (χ0) is 30.6. The molecule has 1 rings (SSSR count). The Hall–Kier alpha value is -0.980. The maximum atomic E-state index is 10.8. The molecule has 0 amide bonds. The van der Waals surface area contributed by atoms with E-state index in [1.807, 2.05) is 6.92 Å². The summed E-state index contributed by atoms with van der Waals surface area (Å²) in [5.74, 6) is 1.53. The second kappa shape index (κ2) is 21.7. The monoisotopic (exact) mass is 612 g/mol. The minimum Gasteiger partial charge on any atom is -0.477 e. The summed E-state index contributed by atoms with van der Waals surface area (Å²) in [6, 6.07) is 9.44. The van der Waals surface area contributed by atoms with Crippen molar-refractivity contribution in [3.8, 4) is 0 Å². The number of ether oxygens (including phenoxy) is 2. The van der Waals surface area contributed by atoms with Gasteiger partial charge in [0.2, 0.25) is 8.46 Å². The summed E-state index contributed by atoms with van der Waals surface area (Å²) in [5, 5.41) is 18.3. The van der Waals surface area contributed by atoms with Crippen molar-refractivity contribution in [3.63, 3.8) is 0 Å². The molecule has 0 aliphatic heterocycles. The van der Waals surface area contributed by atoms with Gasteiger partial charge in [-0.1, -0.05) is 103 Å². The molecular weight excluding hydrogens is 555 g/mol. The summed E-state index contributed by atoms with van der Waals surface area (Å²) in [4.78, 5) is 10.8. The first kappa shape index (κ1) is 38.0. The fourth-order valence-corrected chi connectivity index (χ4v) is 6.10. The largest absolute Gasteiger partial charge is 0.477 e. The Bertz CT molecular complexity index is 828. The van der Waals surface area contributed by atoms with Gasteiger partial charge < -0.3 is 19.7 Å². The van der Waals surface area contributed by atoms with Crippen molar-refractivity contribution >= 4 is 26.2 Å². The van der Waals surface area contributed by atoms with Gasteiger partial charge in [-0.05, 0) is 73.0 Å². The van der Waals surface area contributed by atoms with E-state index >= 15 is 0 Å². The van der Waals surface area contributed by atoms with Gasteiger partial charge in [-0.2, -0.15) is 11.8 Å². The Morgan fingerprint density at radius 2 is 1.51 bits per heavy atom. The van der Waals surface area contributed by atoms with Crippen LogP contribution in [-0.4, -0.2) is 52.5 Å². The third-order valence-electron chi connectivity index (χ3n) is 7.56. The van der Waals surface area contributed by atoms with Gasteiger partial charge in [0.05, 0.1) is 12.7 Å². The van der Waals surface area contributed by atoms with Crippen molar-refractivity contribution < 1.29 is 29.0 Å². The summed E-state index contributed by atoms with van der Waals surface area (Å²) in [6.07, 6.45) is 15.6. The molecule has 0 aliphatic rings. The van der Waals surface area contributed by atoms with Gasteiger partial charge in [0, 0.05) is 6.61 Å². The molecule has 2 N–H and O–H groups in total. The van der Waals surface area contributed by atoms with E-state index in [1.165, 1.54) is 86.8 Å². The predicted octanol–water partition coefficient (Wildman–Crippen LogP) is 9.34. The minimum atomic E-state index is -2.67. The van der Waals surface area contributed by atoms with Crippen molar-refractivity contribution in [2.45, 2.75) is 141 Å². The molecule has 1 aromatic carbocycles. The maximum Gasteiger partial charge on any atom is 0.377 e. The SMILES string of the molecule is CCCCCC(CCSCCCCCCCCC(C)OCCCOC(O)(P=O)C(=O)O)c1ccc(C(C)(C)C)cc1. The Labute approximate surface area is 256 Å². The third kappa shape index (κ3) is 17.0. The predicted molar refractivity (Wildman–Crippen MR) is 172 cm³/mol. The van der Waals surface area contributed by atoms with Gasteiger partial charge in [-0.3, -0.25) is 4.57 Å². The lowest BCUT2D eigenvalue weighted by Gasteiger charge is -2.22. The third-order valence-corrected chi connectivity index (χ3v) is 9.23. The van der Waals surface area contributed by atoms with Crippen LogP contribution in [0, 0.1) is 0 Å². The topological polar surface area (TPSA) is 93.1 Å². The molecule has 0 saturated carbocycles. The van der Waals surface area contributed by atoms with Gasteiger partial charge in [0.15, 0.2) is 0 Å². The minimum absolute atomic E-state index is 0.0337. The molecule has 41 heavy (non-hydrogen) atoms. The summed E-state index contributed by atoms with van der Waals surface area (Å²) >= 11 is 2.13. The summed E-state index contributed by atoms with van der Waals surface area (Å²) < 4.78 is 21.3. The highest BCUT2D eigenvalue weighted by molar-refractivity contribution is 7.99. The quantitative estimate of drug-likeness (QED) is 0.0645. The Kier molecular flexibility index (Phi) is 20.1. The van der Waals surface area contributed by atoms with Crippen LogP contribution in [-0.2, 0) is 24.2 Å². The fraction of sp³-hybridized carbons (Fsp3) is 0.788. The Morgan fingerprint density at radius 1 is 0.878 bits per heavy atom. The lowest BCUT2D eigenvalue weighted by molar-refractivity contribution is -0.190. The number of carboxylic acid groups (broad SMARTS) is 1. The number of hydrogen-bond donors (Lipinski definition) is 2. The van der Waals surface area contributed by atoms with E-state index in [9.17, 15) is 14.5 Å². The molecule has 3 unspecified atom stereocenters. The van der Waals surface area contributed by atoms with Crippen molar-refractivity contribution in [2.75, 3.05) is 24.7 Å². The Balaban J connectivity index is 2.10. The van der Waals surface area contributed by atoms with Crippen LogP contribution >= 0.6 is 20.2 Å². The molecular formula is C33H57O6PS. The normalized spacial score (nSPS) is 15.1. The van der Waals surface area contributed by atoms with Crippen LogP contribution in [0.15, 0.2) is 24.3 Å². The van der Waals surface area contributed by atoms with Crippen molar-refractivity contribution in [1.29, 1.82) is 0 Å². The molecule has 0 bridgehead atoms. The zero-order valence-electron chi connectivity index (χ0n) is 26.4.